The standard InChI is InChI=1S/C28H39N3O7S/c1-6-24(28(33)29-17-20(3)4)30(18-21-9-8-10-23(15-21)36-5)27(32)19-31(39(34,35)7-2)22-11-12-25-26(16-22)38-14-13-37-25/h8-12,15-16,20,24H,6-7,13-14,17-19H2,1-5H3,(H,29,33)/t24-/m1/s1. The fourth-order valence-electron chi connectivity index (χ4n) is 4.22. The molecule has 0 bridgehead atoms. The zero-order chi connectivity index (χ0) is 28.6. The maximum atomic E-state index is 13.9. The number of sulfonamides is 1. The van der Waals surface area contributed by atoms with Gasteiger partial charge >= 0.3 is 0 Å². The first-order chi connectivity index (χ1) is 18.6. The second-order valence-corrected chi connectivity index (χ2v) is 11.9. The van der Waals surface area contributed by atoms with Crippen molar-refractivity contribution >= 4 is 27.5 Å². The van der Waals surface area contributed by atoms with Crippen molar-refractivity contribution in [2.75, 3.05) is 43.5 Å². The molecule has 3 rings (SSSR count). The first kappa shape index (κ1) is 30.1. The van der Waals surface area contributed by atoms with Gasteiger partial charge in [-0.25, -0.2) is 8.42 Å². The number of anilines is 1. The lowest BCUT2D eigenvalue weighted by atomic mass is 10.1. The highest BCUT2D eigenvalue weighted by Crippen LogP contribution is 2.35. The van der Waals surface area contributed by atoms with Crippen LogP contribution in [0.1, 0.15) is 39.7 Å². The normalized spacial score (nSPS) is 13.5. The van der Waals surface area contributed by atoms with Crippen LogP contribution in [-0.4, -0.2) is 70.3 Å². The molecule has 0 aromatic heterocycles. The third-order valence-corrected chi connectivity index (χ3v) is 8.09. The fraction of sp³-hybridized carbons (Fsp3) is 0.500. The molecule has 2 amide bonds. The van der Waals surface area contributed by atoms with E-state index in [4.69, 9.17) is 14.2 Å². The van der Waals surface area contributed by atoms with Gasteiger partial charge in [0.2, 0.25) is 21.8 Å². The summed E-state index contributed by atoms with van der Waals surface area (Å²) in [6, 6.07) is 11.2. The molecular weight excluding hydrogens is 522 g/mol. The Morgan fingerprint density at radius 1 is 1.05 bits per heavy atom. The van der Waals surface area contributed by atoms with E-state index in [9.17, 15) is 18.0 Å². The Labute approximate surface area is 231 Å². The molecule has 214 valence electrons. The highest BCUT2D eigenvalue weighted by Gasteiger charge is 2.33. The van der Waals surface area contributed by atoms with Crippen LogP contribution in [0.2, 0.25) is 0 Å². The van der Waals surface area contributed by atoms with E-state index in [1.54, 1.807) is 43.5 Å². The summed E-state index contributed by atoms with van der Waals surface area (Å²) in [5.74, 6) is 0.769. The summed E-state index contributed by atoms with van der Waals surface area (Å²) in [5, 5.41) is 2.92. The van der Waals surface area contributed by atoms with Crippen LogP contribution in [0, 0.1) is 5.92 Å². The van der Waals surface area contributed by atoms with E-state index < -0.39 is 28.5 Å². The van der Waals surface area contributed by atoms with Crippen LogP contribution in [-0.2, 0) is 26.2 Å². The van der Waals surface area contributed by atoms with Crippen molar-refractivity contribution in [3.63, 3.8) is 0 Å². The molecule has 0 radical (unpaired) electrons. The number of ether oxygens (including phenoxy) is 3. The molecule has 2 aromatic rings. The number of nitrogens with one attached hydrogen (secondary N) is 1. The van der Waals surface area contributed by atoms with Crippen molar-refractivity contribution in [3.05, 3.63) is 48.0 Å². The van der Waals surface area contributed by atoms with E-state index in [-0.39, 0.29) is 29.8 Å². The lowest BCUT2D eigenvalue weighted by Gasteiger charge is -2.33. The Morgan fingerprint density at radius 3 is 2.41 bits per heavy atom. The third kappa shape index (κ3) is 7.78. The van der Waals surface area contributed by atoms with Crippen molar-refractivity contribution < 1.29 is 32.2 Å². The topological polar surface area (TPSA) is 114 Å². The Morgan fingerprint density at radius 2 is 1.77 bits per heavy atom. The molecule has 1 atom stereocenters. The zero-order valence-electron chi connectivity index (χ0n) is 23.3. The van der Waals surface area contributed by atoms with Crippen molar-refractivity contribution in [2.24, 2.45) is 5.92 Å². The predicted molar refractivity (Wildman–Crippen MR) is 150 cm³/mol. The number of carbonyl (C=O) groups excluding carboxylic acids is 2. The van der Waals surface area contributed by atoms with Gasteiger partial charge in [0.1, 0.15) is 31.5 Å². The molecule has 2 aromatic carbocycles. The minimum Gasteiger partial charge on any atom is -0.497 e. The summed E-state index contributed by atoms with van der Waals surface area (Å²) in [7, 11) is -2.30. The molecule has 10 nitrogen and oxygen atoms in total. The average Bonchev–Trinajstić information content (AvgIpc) is 2.94. The zero-order valence-corrected chi connectivity index (χ0v) is 24.1. The molecule has 11 heteroatoms. The van der Waals surface area contributed by atoms with E-state index in [1.165, 1.54) is 11.8 Å². The van der Waals surface area contributed by atoms with Gasteiger partial charge in [0, 0.05) is 19.2 Å². The largest absolute Gasteiger partial charge is 0.497 e. The molecule has 1 aliphatic rings. The van der Waals surface area contributed by atoms with Crippen LogP contribution in [0.3, 0.4) is 0 Å². The van der Waals surface area contributed by atoms with E-state index in [2.05, 4.69) is 5.32 Å². The van der Waals surface area contributed by atoms with Crippen molar-refractivity contribution in [1.82, 2.24) is 10.2 Å². The predicted octanol–water partition coefficient (Wildman–Crippen LogP) is 3.20. The SMILES string of the molecule is CC[C@H](C(=O)NCC(C)C)N(Cc1cccc(OC)c1)C(=O)CN(c1ccc2c(c1)OCCO2)S(=O)(=O)CC. The van der Waals surface area contributed by atoms with E-state index in [1.807, 2.05) is 26.8 Å². The molecule has 1 heterocycles. The van der Waals surface area contributed by atoms with Crippen LogP contribution in [0.4, 0.5) is 5.69 Å². The second-order valence-electron chi connectivity index (χ2n) is 9.67. The summed E-state index contributed by atoms with van der Waals surface area (Å²) in [6.45, 7) is 8.15. The van der Waals surface area contributed by atoms with Gasteiger partial charge in [0.15, 0.2) is 11.5 Å². The second kappa shape index (κ2) is 13.5. The van der Waals surface area contributed by atoms with Crippen LogP contribution in [0.15, 0.2) is 42.5 Å². The molecule has 0 saturated heterocycles. The van der Waals surface area contributed by atoms with Gasteiger partial charge in [-0.3, -0.25) is 13.9 Å². The van der Waals surface area contributed by atoms with E-state index >= 15 is 0 Å². The van der Waals surface area contributed by atoms with Crippen LogP contribution >= 0.6 is 0 Å². The minimum atomic E-state index is -3.86. The number of hydrogen-bond donors (Lipinski definition) is 1. The van der Waals surface area contributed by atoms with E-state index in [0.717, 1.165) is 9.87 Å². The molecule has 1 aliphatic heterocycles. The number of fused-ring (bicyclic) bond motifs is 1. The van der Waals surface area contributed by atoms with Crippen molar-refractivity contribution in [2.45, 2.75) is 46.7 Å². The van der Waals surface area contributed by atoms with Gasteiger partial charge in [-0.05, 0) is 49.1 Å². The number of hydrogen-bond acceptors (Lipinski definition) is 7. The molecule has 0 fully saturated rings. The number of nitrogens with zero attached hydrogens (tertiary/aromatic N) is 2. The smallest absolute Gasteiger partial charge is 0.244 e. The van der Waals surface area contributed by atoms with Crippen molar-refractivity contribution in [3.8, 4) is 17.2 Å². The molecule has 0 aliphatic carbocycles. The summed E-state index contributed by atoms with van der Waals surface area (Å²) in [6.07, 6.45) is 0.351. The summed E-state index contributed by atoms with van der Waals surface area (Å²) in [4.78, 5) is 28.6. The maximum Gasteiger partial charge on any atom is 0.244 e. The van der Waals surface area contributed by atoms with Crippen LogP contribution < -0.4 is 23.8 Å². The Balaban J connectivity index is 1.98. The number of rotatable bonds is 13. The highest BCUT2D eigenvalue weighted by molar-refractivity contribution is 7.92. The lowest BCUT2D eigenvalue weighted by Crippen LogP contribution is -2.52. The Hall–Kier alpha value is -3.47. The number of methoxy groups -OCH3 is 1. The van der Waals surface area contributed by atoms with Gasteiger partial charge in [0.05, 0.1) is 18.6 Å². The molecule has 0 spiro atoms. The molecule has 1 N–H and O–H groups in total. The summed E-state index contributed by atoms with van der Waals surface area (Å²) >= 11 is 0. The van der Waals surface area contributed by atoms with E-state index in [0.29, 0.717) is 43.4 Å². The van der Waals surface area contributed by atoms with Gasteiger partial charge in [-0.15, -0.1) is 0 Å². The van der Waals surface area contributed by atoms with Gasteiger partial charge in [0.25, 0.3) is 0 Å². The highest BCUT2D eigenvalue weighted by atomic mass is 32.2. The Bertz CT molecular complexity index is 1250. The van der Waals surface area contributed by atoms with Gasteiger partial charge in [-0.2, -0.15) is 0 Å². The molecule has 0 saturated carbocycles. The first-order valence-electron chi connectivity index (χ1n) is 13.2. The van der Waals surface area contributed by atoms with Gasteiger partial charge in [-0.1, -0.05) is 32.9 Å². The lowest BCUT2D eigenvalue weighted by molar-refractivity contribution is -0.140. The summed E-state index contributed by atoms with van der Waals surface area (Å²) in [5.41, 5.74) is 1.04. The third-order valence-electron chi connectivity index (χ3n) is 6.35. The molecule has 39 heavy (non-hydrogen) atoms. The fourth-order valence-corrected chi connectivity index (χ4v) is 5.27. The number of benzene rings is 2. The number of carbonyl (C=O) groups is 2. The Kier molecular flexibility index (Phi) is 10.4. The average molecular weight is 562 g/mol. The van der Waals surface area contributed by atoms with Crippen LogP contribution in [0.5, 0.6) is 17.2 Å². The molecule has 0 unspecified atom stereocenters. The number of amides is 2. The quantitative estimate of drug-likeness (QED) is 0.399. The molecular formula is C28H39N3O7S. The van der Waals surface area contributed by atoms with Gasteiger partial charge < -0.3 is 24.4 Å². The summed E-state index contributed by atoms with van der Waals surface area (Å²) < 4.78 is 44.0. The van der Waals surface area contributed by atoms with Crippen molar-refractivity contribution in [1.29, 1.82) is 0 Å². The maximum absolute atomic E-state index is 13.9. The van der Waals surface area contributed by atoms with Crippen LogP contribution in [0.25, 0.3) is 0 Å². The minimum absolute atomic E-state index is 0.102. The monoisotopic (exact) mass is 561 g/mol. The first-order valence-corrected chi connectivity index (χ1v) is 14.8.